The van der Waals surface area contributed by atoms with E-state index in [1.807, 2.05) is 0 Å². The van der Waals surface area contributed by atoms with Crippen molar-refractivity contribution < 1.29 is 0 Å². The van der Waals surface area contributed by atoms with Gasteiger partial charge in [-0.25, -0.2) is 0 Å². The zero-order valence-corrected chi connectivity index (χ0v) is 10.1. The Bertz CT molecular complexity index is 161. The molecule has 0 aromatic heterocycles. The van der Waals surface area contributed by atoms with Gasteiger partial charge in [-0.15, -0.1) is 0 Å². The van der Waals surface area contributed by atoms with Crippen molar-refractivity contribution >= 4 is 15.9 Å². The van der Waals surface area contributed by atoms with Crippen molar-refractivity contribution in [3.8, 4) is 0 Å². The lowest BCUT2D eigenvalue weighted by Gasteiger charge is -2.17. The number of nitrogens with one attached hydrogen (secondary N) is 1. The van der Waals surface area contributed by atoms with Crippen molar-refractivity contribution in [3.05, 3.63) is 11.1 Å². The van der Waals surface area contributed by atoms with Crippen LogP contribution in [0.25, 0.3) is 0 Å². The highest BCUT2D eigenvalue weighted by atomic mass is 79.9. The monoisotopic (exact) mass is 245 g/mol. The Labute approximate surface area is 90.1 Å². The quantitative estimate of drug-likeness (QED) is 0.783. The highest BCUT2D eigenvalue weighted by Gasteiger charge is 2.17. The second-order valence-corrected chi connectivity index (χ2v) is 5.31. The first-order valence-corrected chi connectivity index (χ1v) is 6.04. The Kier molecular flexibility index (Phi) is 5.04. The molecule has 0 heterocycles. The zero-order valence-electron chi connectivity index (χ0n) is 8.48. The van der Waals surface area contributed by atoms with E-state index in [-0.39, 0.29) is 0 Å². The second-order valence-electron chi connectivity index (χ2n) is 4.19. The van der Waals surface area contributed by atoms with Gasteiger partial charge in [0.05, 0.1) is 0 Å². The number of rotatable bonds is 5. The van der Waals surface area contributed by atoms with Gasteiger partial charge in [-0.3, -0.25) is 0 Å². The summed E-state index contributed by atoms with van der Waals surface area (Å²) in [4.78, 5) is 0. The van der Waals surface area contributed by atoms with Crippen molar-refractivity contribution in [2.24, 2.45) is 5.92 Å². The molecular weight excluding hydrogens is 226 g/mol. The van der Waals surface area contributed by atoms with E-state index in [4.69, 9.17) is 0 Å². The Hall–Kier alpha value is 0.180. The number of hydrogen-bond donors (Lipinski definition) is 1. The van der Waals surface area contributed by atoms with E-state index in [9.17, 15) is 0 Å². The molecule has 1 saturated carbocycles. The van der Waals surface area contributed by atoms with Crippen LogP contribution in [-0.4, -0.2) is 12.6 Å². The van der Waals surface area contributed by atoms with Crippen LogP contribution >= 0.6 is 15.9 Å². The van der Waals surface area contributed by atoms with Crippen LogP contribution in [0.4, 0.5) is 0 Å². The van der Waals surface area contributed by atoms with Gasteiger partial charge in [0.1, 0.15) is 0 Å². The maximum absolute atomic E-state index is 3.81. The average Bonchev–Trinajstić information content (AvgIpc) is 2.53. The molecule has 13 heavy (non-hydrogen) atoms. The fourth-order valence-corrected chi connectivity index (χ4v) is 2.28. The predicted molar refractivity (Wildman–Crippen MR) is 62.1 cm³/mol. The maximum Gasteiger partial charge on any atom is 0.0268 e. The summed E-state index contributed by atoms with van der Waals surface area (Å²) in [6.45, 7) is 6.98. The third-order valence-electron chi connectivity index (χ3n) is 2.80. The molecule has 2 heteroatoms. The van der Waals surface area contributed by atoms with Crippen molar-refractivity contribution in [2.75, 3.05) is 6.54 Å². The molecule has 1 nitrogen and oxygen atoms in total. The van der Waals surface area contributed by atoms with Gasteiger partial charge in [0.25, 0.3) is 0 Å². The van der Waals surface area contributed by atoms with E-state index >= 15 is 0 Å². The fourth-order valence-electron chi connectivity index (χ4n) is 2.11. The number of hydrogen-bond acceptors (Lipinski definition) is 1. The lowest BCUT2D eigenvalue weighted by atomic mass is 9.99. The van der Waals surface area contributed by atoms with Crippen molar-refractivity contribution in [2.45, 2.75) is 45.1 Å². The topological polar surface area (TPSA) is 12.0 Å². The van der Waals surface area contributed by atoms with E-state index in [0.29, 0.717) is 6.04 Å². The van der Waals surface area contributed by atoms with Crippen LogP contribution < -0.4 is 5.32 Å². The Balaban J connectivity index is 2.09. The summed E-state index contributed by atoms with van der Waals surface area (Å²) in [6.07, 6.45) is 7.12. The molecule has 0 amide bonds. The van der Waals surface area contributed by atoms with E-state index < -0.39 is 0 Å². The van der Waals surface area contributed by atoms with Crippen molar-refractivity contribution in [3.63, 3.8) is 0 Å². The van der Waals surface area contributed by atoms with E-state index in [1.165, 1.54) is 32.1 Å². The molecule has 0 aromatic rings. The summed E-state index contributed by atoms with van der Waals surface area (Å²) in [6, 6.07) is 0.636. The normalized spacial score (nSPS) is 20.5. The first kappa shape index (κ1) is 11.3. The smallest absolute Gasteiger partial charge is 0.0268 e. The van der Waals surface area contributed by atoms with Gasteiger partial charge in [0.15, 0.2) is 0 Å². The molecule has 76 valence electrons. The highest BCUT2D eigenvalue weighted by molar-refractivity contribution is 9.11. The van der Waals surface area contributed by atoms with Crippen LogP contribution in [0.2, 0.25) is 0 Å². The SMILES string of the molecule is C=C(Br)CNC(C)CC1CCCC1. The van der Waals surface area contributed by atoms with Gasteiger partial charge in [-0.05, 0) is 19.3 Å². The third-order valence-corrected chi connectivity index (χ3v) is 3.08. The van der Waals surface area contributed by atoms with Crippen LogP contribution in [-0.2, 0) is 0 Å². The van der Waals surface area contributed by atoms with Gasteiger partial charge in [-0.2, -0.15) is 0 Å². The van der Waals surface area contributed by atoms with Crippen LogP contribution in [0.3, 0.4) is 0 Å². The fraction of sp³-hybridized carbons (Fsp3) is 0.818. The van der Waals surface area contributed by atoms with E-state index in [1.54, 1.807) is 0 Å². The summed E-state index contributed by atoms with van der Waals surface area (Å²) in [5.74, 6) is 0.978. The summed E-state index contributed by atoms with van der Waals surface area (Å²) >= 11 is 3.36. The zero-order chi connectivity index (χ0) is 9.68. The van der Waals surface area contributed by atoms with Gasteiger partial charge in [-0.1, -0.05) is 48.2 Å². The summed E-state index contributed by atoms with van der Waals surface area (Å²) in [5.41, 5.74) is 0. The molecule has 1 N–H and O–H groups in total. The average molecular weight is 246 g/mol. The molecule has 1 rings (SSSR count). The standard InChI is InChI=1S/C11H20BrN/c1-9(12)8-13-10(2)7-11-5-3-4-6-11/h10-11,13H,1,3-8H2,2H3. The van der Waals surface area contributed by atoms with Gasteiger partial charge < -0.3 is 5.32 Å². The van der Waals surface area contributed by atoms with E-state index in [2.05, 4.69) is 34.7 Å². The Morgan fingerprint density at radius 3 is 2.69 bits per heavy atom. The largest absolute Gasteiger partial charge is 0.310 e. The molecule has 0 radical (unpaired) electrons. The minimum atomic E-state index is 0.636. The van der Waals surface area contributed by atoms with E-state index in [0.717, 1.165) is 16.9 Å². The lowest BCUT2D eigenvalue weighted by Crippen LogP contribution is -2.28. The second kappa shape index (κ2) is 5.82. The maximum atomic E-state index is 3.81. The molecule has 1 fully saturated rings. The third kappa shape index (κ3) is 4.82. The molecule has 0 aliphatic heterocycles. The predicted octanol–water partition coefficient (Wildman–Crippen LogP) is 3.45. The number of halogens is 1. The molecule has 0 spiro atoms. The van der Waals surface area contributed by atoms with Crippen molar-refractivity contribution in [1.82, 2.24) is 5.32 Å². The molecule has 1 atom stereocenters. The highest BCUT2D eigenvalue weighted by Crippen LogP contribution is 2.28. The minimum Gasteiger partial charge on any atom is -0.310 e. The summed E-state index contributed by atoms with van der Waals surface area (Å²) in [5, 5.41) is 3.46. The molecular formula is C11H20BrN. The molecule has 0 bridgehead atoms. The minimum absolute atomic E-state index is 0.636. The van der Waals surface area contributed by atoms with Crippen LogP contribution in [0.15, 0.2) is 11.1 Å². The first-order valence-electron chi connectivity index (χ1n) is 5.25. The van der Waals surface area contributed by atoms with Gasteiger partial charge in [0, 0.05) is 17.1 Å². The Morgan fingerprint density at radius 2 is 2.15 bits per heavy atom. The molecule has 0 aromatic carbocycles. The van der Waals surface area contributed by atoms with Crippen LogP contribution in [0.1, 0.15) is 39.0 Å². The summed E-state index contributed by atoms with van der Waals surface area (Å²) < 4.78 is 1.05. The summed E-state index contributed by atoms with van der Waals surface area (Å²) in [7, 11) is 0. The molecule has 1 unspecified atom stereocenters. The van der Waals surface area contributed by atoms with Gasteiger partial charge in [0.2, 0.25) is 0 Å². The lowest BCUT2D eigenvalue weighted by molar-refractivity contribution is 0.415. The Morgan fingerprint density at radius 1 is 1.54 bits per heavy atom. The molecule has 1 aliphatic carbocycles. The molecule has 0 saturated heterocycles. The van der Waals surface area contributed by atoms with Crippen molar-refractivity contribution in [1.29, 1.82) is 0 Å². The van der Waals surface area contributed by atoms with Gasteiger partial charge >= 0.3 is 0 Å². The van der Waals surface area contributed by atoms with Crippen LogP contribution in [0, 0.1) is 5.92 Å². The van der Waals surface area contributed by atoms with Crippen LogP contribution in [0.5, 0.6) is 0 Å². The first-order chi connectivity index (χ1) is 6.18. The molecule has 1 aliphatic rings.